The Morgan fingerprint density at radius 3 is 2.47 bits per heavy atom. The molecule has 0 unspecified atom stereocenters. The third kappa shape index (κ3) is 8.54. The van der Waals surface area contributed by atoms with Crippen LogP contribution in [0.2, 0.25) is 0 Å². The maximum absolute atomic E-state index is 14.9. The van der Waals surface area contributed by atoms with Gasteiger partial charge in [-0.3, -0.25) is 19.1 Å². The number of aromatic nitrogens is 1. The first kappa shape index (κ1) is 42.9. The number of benzene rings is 1. The van der Waals surface area contributed by atoms with E-state index in [0.717, 1.165) is 4.90 Å². The van der Waals surface area contributed by atoms with E-state index in [-0.39, 0.29) is 42.3 Å². The number of halogens is 4. The maximum Gasteiger partial charge on any atom is 0.427 e. The molecule has 2 aliphatic carbocycles. The minimum absolute atomic E-state index is 0.0250. The van der Waals surface area contributed by atoms with Crippen LogP contribution in [-0.4, -0.2) is 96.0 Å². The molecule has 2 aromatic rings. The number of pyridine rings is 1. The summed E-state index contributed by atoms with van der Waals surface area (Å²) in [7, 11) is -2.79. The van der Waals surface area contributed by atoms with E-state index in [0.29, 0.717) is 51.3 Å². The molecule has 3 fully saturated rings. The van der Waals surface area contributed by atoms with E-state index in [1.807, 2.05) is 13.0 Å². The summed E-state index contributed by atoms with van der Waals surface area (Å²) < 4.78 is 99.5. The van der Waals surface area contributed by atoms with E-state index >= 15 is 0 Å². The highest BCUT2D eigenvalue weighted by Crippen LogP contribution is 2.48. The molecule has 6 rings (SSSR count). The molecule has 2 saturated carbocycles. The summed E-state index contributed by atoms with van der Waals surface area (Å²) in [6, 6.07) is 1.34. The van der Waals surface area contributed by atoms with Gasteiger partial charge < -0.3 is 29.7 Å². The molecular weight excluding hydrogens is 791 g/mol. The zero-order valence-corrected chi connectivity index (χ0v) is 33.9. The molecule has 318 valence electrons. The van der Waals surface area contributed by atoms with Gasteiger partial charge in [-0.15, -0.1) is 0 Å². The van der Waals surface area contributed by atoms with Crippen LogP contribution in [0.3, 0.4) is 0 Å². The number of fused-ring (bicyclic) bond motifs is 3. The van der Waals surface area contributed by atoms with Crippen LogP contribution in [0.5, 0.6) is 11.6 Å². The Morgan fingerprint density at radius 2 is 1.81 bits per heavy atom. The van der Waals surface area contributed by atoms with Crippen molar-refractivity contribution in [3.63, 3.8) is 0 Å². The van der Waals surface area contributed by atoms with Crippen molar-refractivity contribution >= 4 is 44.6 Å². The van der Waals surface area contributed by atoms with Crippen LogP contribution in [0, 0.1) is 23.6 Å². The Hall–Kier alpha value is -4.68. The van der Waals surface area contributed by atoms with Gasteiger partial charge in [0.05, 0.1) is 18.4 Å². The second kappa shape index (κ2) is 15.5. The Kier molecular flexibility index (Phi) is 11.5. The second-order valence-electron chi connectivity index (χ2n) is 16.8. The van der Waals surface area contributed by atoms with Gasteiger partial charge in [0.1, 0.15) is 23.7 Å². The van der Waals surface area contributed by atoms with Crippen molar-refractivity contribution in [2.75, 3.05) is 13.7 Å². The lowest BCUT2D eigenvalue weighted by Gasteiger charge is -2.34. The minimum Gasteiger partial charge on any atom is -0.494 e. The molecular formula is C39H49F4N5O9S. The molecule has 2 aliphatic heterocycles. The van der Waals surface area contributed by atoms with Crippen molar-refractivity contribution < 1.29 is 59.4 Å². The molecule has 4 amide bonds. The minimum atomic E-state index is -4.94. The largest absolute Gasteiger partial charge is 0.494 e. The van der Waals surface area contributed by atoms with Crippen molar-refractivity contribution in [1.82, 2.24) is 25.2 Å². The van der Waals surface area contributed by atoms with E-state index in [2.05, 4.69) is 20.3 Å². The van der Waals surface area contributed by atoms with Gasteiger partial charge in [-0.1, -0.05) is 26.0 Å². The molecule has 4 aliphatic rings. The van der Waals surface area contributed by atoms with Crippen LogP contribution in [0.1, 0.15) is 79.6 Å². The zero-order valence-electron chi connectivity index (χ0n) is 33.1. The topological polar surface area (TPSA) is 182 Å². The average Bonchev–Trinajstić information content (AvgIpc) is 4.01. The Bertz CT molecular complexity index is 2110. The SMILES string of the molecule is COc1cc2ccnc(O[C@@H]3C[C@H]4C(=O)N[C@]5(C(=O)NS(=O)(=O)C6(C)CC6)C[C@H]5/C=C\CC[C@@H](C)C[C@@H](C)[C@H](NC(=O)OC(C)(C)C(F)(F)F)C(=O)N4C3)c2cc1F. The number of carbonyl (C=O) groups is 4. The fourth-order valence-electron chi connectivity index (χ4n) is 7.60. The molecule has 1 saturated heterocycles. The highest BCUT2D eigenvalue weighted by atomic mass is 32.2. The number of nitrogens with one attached hydrogen (secondary N) is 3. The number of nitrogens with zero attached hydrogens (tertiary/aromatic N) is 2. The molecule has 1 aromatic heterocycles. The van der Waals surface area contributed by atoms with Crippen LogP contribution in [0.25, 0.3) is 10.8 Å². The number of hydrogen-bond acceptors (Lipinski definition) is 10. The second-order valence-corrected chi connectivity index (χ2v) is 19.0. The Morgan fingerprint density at radius 1 is 1.10 bits per heavy atom. The number of sulfonamides is 1. The predicted octanol–water partition coefficient (Wildman–Crippen LogP) is 5.05. The van der Waals surface area contributed by atoms with E-state index in [4.69, 9.17) is 14.2 Å². The molecule has 0 bridgehead atoms. The van der Waals surface area contributed by atoms with Gasteiger partial charge in [-0.25, -0.2) is 22.6 Å². The maximum atomic E-state index is 14.9. The van der Waals surface area contributed by atoms with E-state index < -0.39 is 91.7 Å². The molecule has 7 atom stereocenters. The van der Waals surface area contributed by atoms with Gasteiger partial charge in [-0.2, -0.15) is 13.2 Å². The van der Waals surface area contributed by atoms with Crippen LogP contribution >= 0.6 is 0 Å². The standard InChI is InChI=1S/C39H49F4N5O9S/c1-21-9-7-8-10-24-19-38(24,34(51)47-58(53,54)37(5)12-13-37)46-31(49)28-17-25(56-32-26-18-27(40)29(55-6)16-23(26)11-14-44-32)20-48(28)33(50)30(22(2)15-21)45-35(52)57-36(3,4)39(41,42)43/h8,10-11,14,16,18,21-22,24-25,28,30H,7,9,12-13,15,17,19-20H2,1-6H3,(H,45,52)(H,46,49)(H,47,51)/b10-8-/t21-,22-,24-,25-,28+,30+,38-/m1/s1. The summed E-state index contributed by atoms with van der Waals surface area (Å²) in [4.78, 5) is 61.5. The first-order chi connectivity index (χ1) is 27.0. The van der Waals surface area contributed by atoms with Crippen molar-refractivity contribution in [3.8, 4) is 11.6 Å². The summed E-state index contributed by atoms with van der Waals surface area (Å²) in [6.07, 6.45) is -0.392. The van der Waals surface area contributed by atoms with Gasteiger partial charge in [0.15, 0.2) is 11.6 Å². The molecule has 0 radical (unpaired) electrons. The number of rotatable bonds is 8. The number of carbonyl (C=O) groups excluding carboxylic acids is 4. The molecule has 0 spiro atoms. The molecule has 19 heteroatoms. The van der Waals surface area contributed by atoms with E-state index in [1.54, 1.807) is 19.1 Å². The average molecular weight is 840 g/mol. The highest BCUT2D eigenvalue weighted by Gasteiger charge is 2.63. The lowest BCUT2D eigenvalue weighted by atomic mass is 9.88. The monoisotopic (exact) mass is 839 g/mol. The van der Waals surface area contributed by atoms with Crippen LogP contribution in [0.15, 0.2) is 36.5 Å². The lowest BCUT2D eigenvalue weighted by molar-refractivity contribution is -0.244. The van der Waals surface area contributed by atoms with Gasteiger partial charge in [0.25, 0.3) is 5.91 Å². The zero-order chi connectivity index (χ0) is 42.6. The number of methoxy groups -OCH3 is 1. The van der Waals surface area contributed by atoms with Gasteiger partial charge in [-0.05, 0) is 94.7 Å². The number of ether oxygens (including phenoxy) is 3. The Labute approximate surface area is 333 Å². The fraction of sp³-hybridized carbons (Fsp3) is 0.615. The summed E-state index contributed by atoms with van der Waals surface area (Å²) in [6.45, 7) is 6.12. The Balaban J connectivity index is 1.36. The first-order valence-corrected chi connectivity index (χ1v) is 20.7. The molecule has 58 heavy (non-hydrogen) atoms. The van der Waals surface area contributed by atoms with E-state index in [9.17, 15) is 45.2 Å². The molecule has 1 aromatic carbocycles. The van der Waals surface area contributed by atoms with Crippen LogP contribution in [-0.2, 0) is 29.1 Å². The molecule has 3 N–H and O–H groups in total. The summed E-state index contributed by atoms with van der Waals surface area (Å²) >= 11 is 0. The predicted molar refractivity (Wildman–Crippen MR) is 201 cm³/mol. The van der Waals surface area contributed by atoms with Crippen molar-refractivity contribution in [3.05, 3.63) is 42.4 Å². The molecule has 14 nitrogen and oxygen atoms in total. The number of hydrogen-bond donors (Lipinski definition) is 3. The third-order valence-electron chi connectivity index (χ3n) is 11.8. The highest BCUT2D eigenvalue weighted by molar-refractivity contribution is 7.91. The smallest absolute Gasteiger partial charge is 0.427 e. The fourth-order valence-corrected chi connectivity index (χ4v) is 8.91. The van der Waals surface area contributed by atoms with Gasteiger partial charge in [0, 0.05) is 23.9 Å². The summed E-state index contributed by atoms with van der Waals surface area (Å²) in [5, 5.41) is 5.86. The van der Waals surface area contributed by atoms with Crippen LogP contribution < -0.4 is 24.8 Å². The lowest BCUT2D eigenvalue weighted by Crippen LogP contribution is -2.59. The number of amides is 4. The number of allylic oxidation sites excluding steroid dienone is 1. The van der Waals surface area contributed by atoms with Gasteiger partial charge in [0.2, 0.25) is 33.3 Å². The number of alkyl halides is 3. The first-order valence-electron chi connectivity index (χ1n) is 19.2. The third-order valence-corrected chi connectivity index (χ3v) is 14.0. The van der Waals surface area contributed by atoms with Gasteiger partial charge >= 0.3 is 12.3 Å². The quantitative estimate of drug-likeness (QED) is 0.240. The van der Waals surface area contributed by atoms with Crippen molar-refractivity contribution in [2.45, 2.75) is 120 Å². The van der Waals surface area contributed by atoms with Crippen molar-refractivity contribution in [1.29, 1.82) is 0 Å². The van der Waals surface area contributed by atoms with E-state index in [1.165, 1.54) is 32.4 Å². The van der Waals surface area contributed by atoms with Crippen LogP contribution in [0.4, 0.5) is 22.4 Å². The van der Waals surface area contributed by atoms with Crippen molar-refractivity contribution in [2.24, 2.45) is 17.8 Å². The summed E-state index contributed by atoms with van der Waals surface area (Å²) in [5.74, 6) is -4.68. The normalized spacial score (nSPS) is 29.4. The number of alkyl carbamates (subject to hydrolysis) is 1. The summed E-state index contributed by atoms with van der Waals surface area (Å²) in [5.41, 5.74) is -4.59. The molecule has 3 heterocycles.